The van der Waals surface area contributed by atoms with Crippen molar-refractivity contribution in [3.8, 4) is 0 Å². The zero-order chi connectivity index (χ0) is 16.7. The molecule has 5 nitrogen and oxygen atoms in total. The molecule has 0 bridgehead atoms. The van der Waals surface area contributed by atoms with Crippen molar-refractivity contribution in [2.45, 2.75) is 13.3 Å². The smallest absolute Gasteiger partial charge is 0.252 e. The molecule has 0 spiro atoms. The summed E-state index contributed by atoms with van der Waals surface area (Å²) in [6.45, 7) is 1.70. The van der Waals surface area contributed by atoms with Crippen LogP contribution in [0.4, 0.5) is 0 Å². The molecule has 0 fully saturated rings. The maximum Gasteiger partial charge on any atom is 0.252 e. The van der Waals surface area contributed by atoms with Gasteiger partial charge < -0.3 is 10.4 Å². The van der Waals surface area contributed by atoms with Crippen molar-refractivity contribution in [3.05, 3.63) is 65.5 Å². The fraction of sp³-hybridized carbons (Fsp3) is 0.278. The lowest BCUT2D eigenvalue weighted by molar-refractivity contribution is 0.0926. The number of pyridine rings is 1. The van der Waals surface area contributed by atoms with Crippen LogP contribution in [0, 0.1) is 5.92 Å². The third kappa shape index (κ3) is 4.72. The largest absolute Gasteiger partial charge is 0.396 e. The van der Waals surface area contributed by atoms with Crippen LogP contribution in [0.15, 0.2) is 48.7 Å². The van der Waals surface area contributed by atoms with E-state index in [1.807, 2.05) is 18.2 Å². The Morgan fingerprint density at radius 1 is 1.13 bits per heavy atom. The van der Waals surface area contributed by atoms with Crippen LogP contribution in [0.3, 0.4) is 0 Å². The van der Waals surface area contributed by atoms with Crippen LogP contribution in [0.25, 0.3) is 0 Å². The van der Waals surface area contributed by atoms with E-state index in [0.29, 0.717) is 24.1 Å². The first kappa shape index (κ1) is 16.8. The molecule has 1 heterocycles. The number of carbonyl (C=O) groups excluding carboxylic acids is 2. The average molecular weight is 312 g/mol. The maximum absolute atomic E-state index is 12.3. The minimum Gasteiger partial charge on any atom is -0.396 e. The zero-order valence-electron chi connectivity index (χ0n) is 13.0. The summed E-state index contributed by atoms with van der Waals surface area (Å²) in [5, 5.41) is 12.3. The summed E-state index contributed by atoms with van der Waals surface area (Å²) < 4.78 is 0. The van der Waals surface area contributed by atoms with Gasteiger partial charge in [0.05, 0.1) is 5.56 Å². The van der Waals surface area contributed by atoms with Gasteiger partial charge in [-0.3, -0.25) is 14.6 Å². The molecule has 0 aliphatic carbocycles. The highest BCUT2D eigenvalue weighted by Gasteiger charge is 2.16. The molecule has 2 rings (SSSR count). The topological polar surface area (TPSA) is 79.3 Å². The van der Waals surface area contributed by atoms with Crippen LogP contribution in [0.1, 0.15) is 33.3 Å². The van der Waals surface area contributed by atoms with Gasteiger partial charge in [0.15, 0.2) is 5.78 Å². The van der Waals surface area contributed by atoms with Crippen LogP contribution >= 0.6 is 0 Å². The van der Waals surface area contributed by atoms with Gasteiger partial charge in [0.2, 0.25) is 0 Å². The van der Waals surface area contributed by atoms with Crippen LogP contribution in [0.5, 0.6) is 0 Å². The predicted octanol–water partition coefficient (Wildman–Crippen LogP) is 1.87. The van der Waals surface area contributed by atoms with Crippen LogP contribution in [-0.2, 0) is 6.42 Å². The number of rotatable bonds is 7. The summed E-state index contributed by atoms with van der Waals surface area (Å²) in [5.74, 6) is -0.587. The maximum atomic E-state index is 12.3. The Morgan fingerprint density at radius 2 is 1.83 bits per heavy atom. The number of benzene rings is 1. The standard InChI is InChI=1S/C18H20N2O3/c1-13(22)16-7-2-3-8-17(16)18(23)20-11-14(12-21)10-15-6-4-5-9-19-15/h2-9,14,21H,10-12H2,1H3,(H,20,23). The number of amides is 1. The molecule has 1 aromatic carbocycles. The summed E-state index contributed by atoms with van der Waals surface area (Å²) >= 11 is 0. The van der Waals surface area contributed by atoms with Crippen molar-refractivity contribution >= 4 is 11.7 Å². The second-order valence-corrected chi connectivity index (χ2v) is 5.39. The van der Waals surface area contributed by atoms with E-state index in [-0.39, 0.29) is 24.2 Å². The molecule has 2 N–H and O–H groups in total. The molecular weight excluding hydrogens is 292 g/mol. The Morgan fingerprint density at radius 3 is 2.43 bits per heavy atom. The fourth-order valence-electron chi connectivity index (χ4n) is 2.34. The van der Waals surface area contributed by atoms with Crippen molar-refractivity contribution in [2.24, 2.45) is 5.92 Å². The Balaban J connectivity index is 1.99. The Hall–Kier alpha value is -2.53. The van der Waals surface area contributed by atoms with E-state index < -0.39 is 0 Å². The molecule has 1 atom stereocenters. The number of nitrogens with zero attached hydrogens (tertiary/aromatic N) is 1. The van der Waals surface area contributed by atoms with Crippen molar-refractivity contribution in [1.82, 2.24) is 10.3 Å². The Bertz CT molecular complexity index is 671. The highest BCUT2D eigenvalue weighted by atomic mass is 16.3. The summed E-state index contributed by atoms with van der Waals surface area (Å²) in [6, 6.07) is 12.3. The third-order valence-corrected chi connectivity index (χ3v) is 3.58. The number of carbonyl (C=O) groups is 2. The van der Waals surface area contributed by atoms with Crippen LogP contribution in [-0.4, -0.2) is 34.9 Å². The number of nitrogens with one attached hydrogen (secondary N) is 1. The van der Waals surface area contributed by atoms with Gasteiger partial charge in [0.25, 0.3) is 5.91 Å². The summed E-state index contributed by atoms with van der Waals surface area (Å²) in [7, 11) is 0. The van der Waals surface area contributed by atoms with Gasteiger partial charge in [0, 0.05) is 36.5 Å². The lowest BCUT2D eigenvalue weighted by Crippen LogP contribution is -2.32. The molecule has 5 heteroatoms. The number of hydrogen-bond donors (Lipinski definition) is 2. The van der Waals surface area contributed by atoms with Crippen molar-refractivity contribution < 1.29 is 14.7 Å². The van der Waals surface area contributed by atoms with Crippen LogP contribution in [0.2, 0.25) is 0 Å². The molecule has 2 aromatic rings. The summed E-state index contributed by atoms with van der Waals surface area (Å²) in [6.07, 6.45) is 2.28. The van der Waals surface area contributed by atoms with E-state index in [9.17, 15) is 14.7 Å². The first-order valence-electron chi connectivity index (χ1n) is 7.50. The number of aliphatic hydroxyl groups excluding tert-OH is 1. The van der Waals surface area contributed by atoms with Gasteiger partial charge >= 0.3 is 0 Å². The van der Waals surface area contributed by atoms with E-state index in [4.69, 9.17) is 0 Å². The minimum absolute atomic E-state index is 0.0504. The number of Topliss-reactive ketones (excluding diaryl/α,β-unsaturated/α-hetero) is 1. The van der Waals surface area contributed by atoms with Crippen molar-refractivity contribution in [1.29, 1.82) is 0 Å². The van der Waals surface area contributed by atoms with E-state index in [0.717, 1.165) is 5.69 Å². The molecule has 0 saturated heterocycles. The first-order chi connectivity index (χ1) is 11.1. The van der Waals surface area contributed by atoms with E-state index in [2.05, 4.69) is 10.3 Å². The second kappa shape index (κ2) is 8.19. The summed E-state index contributed by atoms with van der Waals surface area (Å²) in [5.41, 5.74) is 1.62. The normalized spacial score (nSPS) is 11.7. The number of aliphatic hydroxyl groups is 1. The van der Waals surface area contributed by atoms with Gasteiger partial charge in [-0.1, -0.05) is 24.3 Å². The molecule has 1 amide bonds. The molecule has 0 aliphatic rings. The molecule has 0 aliphatic heterocycles. The van der Waals surface area contributed by atoms with Gasteiger partial charge in [-0.15, -0.1) is 0 Å². The second-order valence-electron chi connectivity index (χ2n) is 5.39. The van der Waals surface area contributed by atoms with E-state index in [1.165, 1.54) is 6.92 Å². The van der Waals surface area contributed by atoms with Crippen molar-refractivity contribution in [2.75, 3.05) is 13.2 Å². The predicted molar refractivity (Wildman–Crippen MR) is 87.3 cm³/mol. The van der Waals surface area contributed by atoms with Crippen molar-refractivity contribution in [3.63, 3.8) is 0 Å². The summed E-state index contributed by atoms with van der Waals surface area (Å²) in [4.78, 5) is 28.1. The highest BCUT2D eigenvalue weighted by molar-refractivity contribution is 6.07. The monoisotopic (exact) mass is 312 g/mol. The SMILES string of the molecule is CC(=O)c1ccccc1C(=O)NCC(CO)Cc1ccccn1. The quantitative estimate of drug-likeness (QED) is 0.765. The molecular formula is C18H20N2O3. The molecule has 23 heavy (non-hydrogen) atoms. The van der Waals surface area contributed by atoms with Gasteiger partial charge in [-0.2, -0.15) is 0 Å². The lowest BCUT2D eigenvalue weighted by Gasteiger charge is -2.15. The molecule has 0 radical (unpaired) electrons. The highest BCUT2D eigenvalue weighted by Crippen LogP contribution is 2.10. The van der Waals surface area contributed by atoms with Gasteiger partial charge in [-0.25, -0.2) is 0 Å². The number of aromatic nitrogens is 1. The lowest BCUT2D eigenvalue weighted by atomic mass is 10.0. The fourth-order valence-corrected chi connectivity index (χ4v) is 2.34. The number of ketones is 1. The molecule has 0 saturated carbocycles. The third-order valence-electron chi connectivity index (χ3n) is 3.58. The first-order valence-corrected chi connectivity index (χ1v) is 7.50. The van der Waals surface area contributed by atoms with E-state index in [1.54, 1.807) is 30.5 Å². The van der Waals surface area contributed by atoms with Gasteiger partial charge in [-0.05, 0) is 31.5 Å². The van der Waals surface area contributed by atoms with Gasteiger partial charge in [0.1, 0.15) is 0 Å². The zero-order valence-corrected chi connectivity index (χ0v) is 13.0. The molecule has 120 valence electrons. The molecule has 1 aromatic heterocycles. The average Bonchev–Trinajstić information content (AvgIpc) is 2.59. The minimum atomic E-state index is -0.310. The Kier molecular flexibility index (Phi) is 6.00. The number of hydrogen-bond acceptors (Lipinski definition) is 4. The van der Waals surface area contributed by atoms with E-state index >= 15 is 0 Å². The Labute approximate surface area is 135 Å². The molecule has 1 unspecified atom stereocenters. The van der Waals surface area contributed by atoms with Crippen LogP contribution < -0.4 is 5.32 Å².